The third-order valence-corrected chi connectivity index (χ3v) is 2.59. The molecule has 0 saturated heterocycles. The molecule has 4 nitrogen and oxygen atoms in total. The third-order valence-electron chi connectivity index (χ3n) is 2.59. The van der Waals surface area contributed by atoms with Crippen molar-refractivity contribution in [3.05, 3.63) is 42.0 Å². The first-order valence-corrected chi connectivity index (χ1v) is 6.23. The molecule has 0 radical (unpaired) electrons. The summed E-state index contributed by atoms with van der Waals surface area (Å²) in [4.78, 5) is 3.84. The molecule has 0 aliphatic heterocycles. The van der Waals surface area contributed by atoms with Gasteiger partial charge in [-0.15, -0.1) is 0 Å². The van der Waals surface area contributed by atoms with Crippen LogP contribution >= 0.6 is 0 Å². The number of rotatable bonds is 4. The van der Waals surface area contributed by atoms with Crippen LogP contribution in [0.2, 0.25) is 0 Å². The Morgan fingerprint density at radius 3 is 2.67 bits per heavy atom. The van der Waals surface area contributed by atoms with Gasteiger partial charge in [0, 0.05) is 11.8 Å². The van der Waals surface area contributed by atoms with Gasteiger partial charge in [0.05, 0.1) is 12.2 Å². The van der Waals surface area contributed by atoms with Gasteiger partial charge in [0.1, 0.15) is 17.4 Å². The Morgan fingerprint density at radius 2 is 2.00 bits per heavy atom. The molecule has 0 bridgehead atoms. The van der Waals surface area contributed by atoms with Crippen molar-refractivity contribution < 1.29 is 17.9 Å². The SMILES string of the molecule is CCOc1cccc(Nc2cc(C(F)(F)F)cc(N)n2)c1. The van der Waals surface area contributed by atoms with E-state index in [4.69, 9.17) is 10.5 Å². The van der Waals surface area contributed by atoms with E-state index in [1.54, 1.807) is 24.3 Å². The minimum atomic E-state index is -4.47. The van der Waals surface area contributed by atoms with Gasteiger partial charge >= 0.3 is 6.18 Å². The molecule has 2 aromatic rings. The van der Waals surface area contributed by atoms with Crippen molar-refractivity contribution in [1.29, 1.82) is 0 Å². The standard InChI is InChI=1S/C14H14F3N3O/c1-2-21-11-5-3-4-10(8-11)19-13-7-9(14(15,16)17)6-12(18)20-13/h3-8H,2H2,1H3,(H3,18,19,20). The van der Waals surface area contributed by atoms with Crippen molar-refractivity contribution in [1.82, 2.24) is 4.98 Å². The predicted molar refractivity (Wildman–Crippen MR) is 74.5 cm³/mol. The average molecular weight is 297 g/mol. The van der Waals surface area contributed by atoms with Crippen LogP contribution in [0.15, 0.2) is 36.4 Å². The molecule has 0 atom stereocenters. The highest BCUT2D eigenvalue weighted by Gasteiger charge is 2.31. The molecular weight excluding hydrogens is 283 g/mol. The van der Waals surface area contributed by atoms with Crippen LogP contribution in [0.25, 0.3) is 0 Å². The van der Waals surface area contributed by atoms with Crippen LogP contribution in [0.4, 0.5) is 30.5 Å². The Labute approximate surface area is 119 Å². The molecule has 0 fully saturated rings. The van der Waals surface area contributed by atoms with Gasteiger partial charge in [-0.05, 0) is 31.2 Å². The fourth-order valence-electron chi connectivity index (χ4n) is 1.76. The molecule has 1 aromatic heterocycles. The number of pyridine rings is 1. The second-order valence-corrected chi connectivity index (χ2v) is 4.25. The summed E-state index contributed by atoms with van der Waals surface area (Å²) >= 11 is 0. The summed E-state index contributed by atoms with van der Waals surface area (Å²) in [6.07, 6.45) is -4.47. The Kier molecular flexibility index (Phi) is 4.21. The zero-order valence-corrected chi connectivity index (χ0v) is 11.2. The topological polar surface area (TPSA) is 60.2 Å². The van der Waals surface area contributed by atoms with Gasteiger partial charge in [-0.3, -0.25) is 0 Å². The number of halogens is 3. The molecule has 112 valence electrons. The first kappa shape index (κ1) is 15.0. The summed E-state index contributed by atoms with van der Waals surface area (Å²) in [7, 11) is 0. The highest BCUT2D eigenvalue weighted by molar-refractivity contribution is 5.60. The Morgan fingerprint density at radius 1 is 1.24 bits per heavy atom. The molecule has 1 heterocycles. The van der Waals surface area contributed by atoms with Crippen LogP contribution in [0, 0.1) is 0 Å². The number of nitrogens with one attached hydrogen (secondary N) is 1. The lowest BCUT2D eigenvalue weighted by Crippen LogP contribution is -2.08. The third kappa shape index (κ3) is 4.01. The van der Waals surface area contributed by atoms with Gasteiger partial charge in [0.15, 0.2) is 0 Å². The minimum absolute atomic E-state index is 0.0240. The van der Waals surface area contributed by atoms with Crippen LogP contribution in [0.1, 0.15) is 12.5 Å². The number of ether oxygens (including phenoxy) is 1. The van der Waals surface area contributed by atoms with E-state index in [0.29, 0.717) is 18.0 Å². The molecule has 2 rings (SSSR count). The minimum Gasteiger partial charge on any atom is -0.494 e. The zero-order chi connectivity index (χ0) is 15.5. The van der Waals surface area contributed by atoms with Crippen LogP contribution in [-0.4, -0.2) is 11.6 Å². The lowest BCUT2D eigenvalue weighted by molar-refractivity contribution is -0.137. The molecule has 0 unspecified atom stereocenters. The smallest absolute Gasteiger partial charge is 0.416 e. The fourth-order valence-corrected chi connectivity index (χ4v) is 1.76. The molecule has 0 amide bonds. The quantitative estimate of drug-likeness (QED) is 0.900. The van der Waals surface area contributed by atoms with Crippen molar-refractivity contribution in [2.75, 3.05) is 17.7 Å². The predicted octanol–water partition coefficient (Wildman–Crippen LogP) is 3.82. The molecule has 0 spiro atoms. The molecule has 1 aromatic carbocycles. The van der Waals surface area contributed by atoms with Gasteiger partial charge < -0.3 is 15.8 Å². The fraction of sp³-hybridized carbons (Fsp3) is 0.214. The molecule has 0 saturated carbocycles. The number of hydrogen-bond acceptors (Lipinski definition) is 4. The second kappa shape index (κ2) is 5.90. The van der Waals surface area contributed by atoms with Crippen LogP contribution < -0.4 is 15.8 Å². The van der Waals surface area contributed by atoms with Gasteiger partial charge in [-0.1, -0.05) is 6.07 Å². The summed E-state index contributed by atoms with van der Waals surface area (Å²) in [6, 6.07) is 8.54. The molecular formula is C14H14F3N3O. The van der Waals surface area contributed by atoms with E-state index in [1.165, 1.54) is 0 Å². The molecule has 0 aliphatic carbocycles. The van der Waals surface area contributed by atoms with Crippen molar-refractivity contribution in [3.63, 3.8) is 0 Å². The summed E-state index contributed by atoms with van der Waals surface area (Å²) in [5, 5.41) is 2.78. The Bertz CT molecular complexity index is 629. The second-order valence-electron chi connectivity index (χ2n) is 4.25. The van der Waals surface area contributed by atoms with Gasteiger partial charge in [-0.25, -0.2) is 4.98 Å². The number of benzene rings is 1. The van der Waals surface area contributed by atoms with Gasteiger partial charge in [0.2, 0.25) is 0 Å². The number of nitrogen functional groups attached to an aromatic ring is 1. The monoisotopic (exact) mass is 297 g/mol. The Hall–Kier alpha value is -2.44. The average Bonchev–Trinajstić information content (AvgIpc) is 2.38. The van der Waals surface area contributed by atoms with E-state index in [9.17, 15) is 13.2 Å². The highest BCUT2D eigenvalue weighted by Crippen LogP contribution is 2.32. The number of alkyl halides is 3. The van der Waals surface area contributed by atoms with E-state index in [1.807, 2.05) is 6.92 Å². The number of anilines is 3. The largest absolute Gasteiger partial charge is 0.494 e. The zero-order valence-electron chi connectivity index (χ0n) is 11.2. The maximum atomic E-state index is 12.7. The summed E-state index contributed by atoms with van der Waals surface area (Å²) < 4.78 is 43.5. The molecule has 7 heteroatoms. The molecule has 21 heavy (non-hydrogen) atoms. The number of nitrogens with zero attached hydrogens (tertiary/aromatic N) is 1. The number of hydrogen-bond donors (Lipinski definition) is 2. The summed E-state index contributed by atoms with van der Waals surface area (Å²) in [5.41, 5.74) is 5.13. The van der Waals surface area contributed by atoms with E-state index < -0.39 is 11.7 Å². The van der Waals surface area contributed by atoms with E-state index in [0.717, 1.165) is 12.1 Å². The van der Waals surface area contributed by atoms with Crippen molar-refractivity contribution in [2.24, 2.45) is 0 Å². The first-order chi connectivity index (χ1) is 9.88. The van der Waals surface area contributed by atoms with Crippen LogP contribution in [0.5, 0.6) is 5.75 Å². The maximum absolute atomic E-state index is 12.7. The van der Waals surface area contributed by atoms with Crippen LogP contribution in [-0.2, 0) is 6.18 Å². The van der Waals surface area contributed by atoms with E-state index >= 15 is 0 Å². The van der Waals surface area contributed by atoms with Gasteiger partial charge in [-0.2, -0.15) is 13.2 Å². The lowest BCUT2D eigenvalue weighted by Gasteiger charge is -2.12. The summed E-state index contributed by atoms with van der Waals surface area (Å²) in [5.74, 6) is 0.437. The highest BCUT2D eigenvalue weighted by atomic mass is 19.4. The molecule has 0 aliphatic rings. The number of aromatic nitrogens is 1. The maximum Gasteiger partial charge on any atom is 0.416 e. The van der Waals surface area contributed by atoms with Crippen molar-refractivity contribution in [3.8, 4) is 5.75 Å². The normalized spacial score (nSPS) is 11.2. The lowest BCUT2D eigenvalue weighted by atomic mass is 10.2. The van der Waals surface area contributed by atoms with Gasteiger partial charge in [0.25, 0.3) is 0 Å². The summed E-state index contributed by atoms with van der Waals surface area (Å²) in [6.45, 7) is 2.34. The number of nitrogens with two attached hydrogens (primary N) is 1. The van der Waals surface area contributed by atoms with Crippen LogP contribution in [0.3, 0.4) is 0 Å². The first-order valence-electron chi connectivity index (χ1n) is 6.23. The molecule has 3 N–H and O–H groups in total. The van der Waals surface area contributed by atoms with Crippen molar-refractivity contribution in [2.45, 2.75) is 13.1 Å². The van der Waals surface area contributed by atoms with E-state index in [2.05, 4.69) is 10.3 Å². The van der Waals surface area contributed by atoms with E-state index in [-0.39, 0.29) is 11.6 Å². The Balaban J connectivity index is 2.27. The van der Waals surface area contributed by atoms with Crippen molar-refractivity contribution >= 4 is 17.3 Å².